The fourth-order valence-electron chi connectivity index (χ4n) is 0.0891. The highest BCUT2D eigenvalue weighted by molar-refractivity contribution is 9.25. The van der Waals surface area contributed by atoms with Crippen molar-refractivity contribution in [1.29, 1.82) is 5.41 Å². The molecule has 0 spiro atoms. The van der Waals surface area contributed by atoms with Crippen LogP contribution in [-0.2, 0) is 4.74 Å². The lowest BCUT2D eigenvalue weighted by Crippen LogP contribution is -2.06. The molecule has 0 atom stereocenters. The average Bonchev–Trinajstić information content (AvgIpc) is 1.65. The van der Waals surface area contributed by atoms with Gasteiger partial charge in [0.15, 0.2) is 0 Å². The summed E-state index contributed by atoms with van der Waals surface area (Å²) in [4.78, 5) is 0. The highest BCUT2D eigenvalue weighted by Gasteiger charge is 2.02. The van der Waals surface area contributed by atoms with E-state index in [0.717, 1.165) is 0 Å². The van der Waals surface area contributed by atoms with Gasteiger partial charge in [0.2, 0.25) is 5.90 Å². The van der Waals surface area contributed by atoms with E-state index in [1.165, 1.54) is 7.11 Å². The van der Waals surface area contributed by atoms with Crippen LogP contribution in [0, 0.1) is 5.41 Å². The fourth-order valence-corrected chi connectivity index (χ4v) is 0.463. The number of hydrogen-bond donors (Lipinski definition) is 1. The van der Waals surface area contributed by atoms with Crippen LogP contribution in [-0.4, -0.2) is 16.7 Å². The number of ether oxygens (including phenoxy) is 1. The van der Waals surface area contributed by atoms with Gasteiger partial charge in [0.25, 0.3) is 0 Å². The lowest BCUT2D eigenvalue weighted by Gasteiger charge is -1.99. The first-order chi connectivity index (χ1) is 3.18. The number of hydrogen-bond acceptors (Lipinski definition) is 2. The predicted octanol–water partition coefficient (Wildman–Crippen LogP) is 1.73. The number of nitrogens with one attached hydrogen (secondary N) is 1. The third-order valence-electron chi connectivity index (χ3n) is 0.418. The van der Waals surface area contributed by atoms with E-state index in [1.54, 1.807) is 0 Å². The fraction of sp³-hybridized carbons (Fsp3) is 0.667. The maximum Gasteiger partial charge on any atom is 0.205 e. The van der Waals surface area contributed by atoms with Crippen LogP contribution in [0.5, 0.6) is 0 Å². The molecule has 42 valence electrons. The van der Waals surface area contributed by atoms with Crippen molar-refractivity contribution in [1.82, 2.24) is 0 Å². The summed E-state index contributed by atoms with van der Waals surface area (Å²) in [7, 11) is 1.46. The summed E-state index contributed by atoms with van der Waals surface area (Å²) < 4.78 is 4.35. The highest BCUT2D eigenvalue weighted by Crippen LogP contribution is 2.08. The minimum Gasteiger partial charge on any atom is -0.483 e. The Balaban J connectivity index is 3.35. The molecule has 0 fully saturated rings. The third kappa shape index (κ3) is 3.05. The molecule has 0 rings (SSSR count). The summed E-state index contributed by atoms with van der Waals surface area (Å²) in [6, 6.07) is 0. The first-order valence-electron chi connectivity index (χ1n) is 1.59. The van der Waals surface area contributed by atoms with Crippen LogP contribution in [0.4, 0.5) is 0 Å². The van der Waals surface area contributed by atoms with Crippen molar-refractivity contribution in [3.05, 3.63) is 0 Å². The van der Waals surface area contributed by atoms with Crippen LogP contribution in [0.25, 0.3) is 0 Å². The summed E-state index contributed by atoms with van der Waals surface area (Å²) in [5, 5.41) is 6.88. The average molecular weight is 231 g/mol. The molecular weight excluding hydrogens is 226 g/mol. The monoisotopic (exact) mass is 229 g/mol. The van der Waals surface area contributed by atoms with E-state index >= 15 is 0 Å². The van der Waals surface area contributed by atoms with Crippen molar-refractivity contribution < 1.29 is 4.74 Å². The minimum atomic E-state index is -0.148. The van der Waals surface area contributed by atoms with Crippen molar-refractivity contribution in [3.63, 3.8) is 0 Å². The summed E-state index contributed by atoms with van der Waals surface area (Å²) in [5.41, 5.74) is 0. The zero-order valence-corrected chi connectivity index (χ0v) is 6.91. The van der Waals surface area contributed by atoms with Crippen LogP contribution >= 0.6 is 31.9 Å². The van der Waals surface area contributed by atoms with Crippen molar-refractivity contribution >= 4 is 37.8 Å². The normalized spacial score (nSPS) is 9.14. The largest absolute Gasteiger partial charge is 0.483 e. The van der Waals surface area contributed by atoms with E-state index in [9.17, 15) is 0 Å². The minimum absolute atomic E-state index is 0.148. The Bertz CT molecular complexity index is 73.3. The van der Waals surface area contributed by atoms with Gasteiger partial charge >= 0.3 is 0 Å². The molecular formula is C3H5Br2NO. The van der Waals surface area contributed by atoms with Crippen molar-refractivity contribution in [2.45, 2.75) is 3.74 Å². The van der Waals surface area contributed by atoms with E-state index in [4.69, 9.17) is 5.41 Å². The van der Waals surface area contributed by atoms with Gasteiger partial charge in [-0.15, -0.1) is 0 Å². The molecule has 7 heavy (non-hydrogen) atoms. The molecule has 2 nitrogen and oxygen atoms in total. The van der Waals surface area contributed by atoms with Crippen LogP contribution in [0.15, 0.2) is 0 Å². The zero-order valence-electron chi connectivity index (χ0n) is 3.74. The quantitative estimate of drug-likeness (QED) is 0.416. The Labute approximate surface area is 59.0 Å². The lowest BCUT2D eigenvalue weighted by molar-refractivity contribution is 0.396. The molecule has 0 aromatic heterocycles. The number of rotatable bonds is 1. The molecule has 0 saturated carbocycles. The SMILES string of the molecule is COC(=N)C(Br)Br. The van der Waals surface area contributed by atoms with Crippen molar-refractivity contribution in [2.75, 3.05) is 7.11 Å². The van der Waals surface area contributed by atoms with Gasteiger partial charge in [-0.25, -0.2) is 0 Å². The van der Waals surface area contributed by atoms with Crippen LogP contribution in [0.1, 0.15) is 0 Å². The molecule has 0 radical (unpaired) electrons. The topological polar surface area (TPSA) is 33.1 Å². The smallest absolute Gasteiger partial charge is 0.205 e. The van der Waals surface area contributed by atoms with Gasteiger partial charge in [0.05, 0.1) is 7.11 Å². The van der Waals surface area contributed by atoms with E-state index in [2.05, 4.69) is 36.6 Å². The molecule has 0 heterocycles. The molecule has 0 aliphatic carbocycles. The van der Waals surface area contributed by atoms with Crippen LogP contribution < -0.4 is 0 Å². The van der Waals surface area contributed by atoms with Gasteiger partial charge in [0, 0.05) is 0 Å². The van der Waals surface area contributed by atoms with E-state index in [0.29, 0.717) is 0 Å². The Morgan fingerprint density at radius 1 is 1.71 bits per heavy atom. The Morgan fingerprint density at radius 2 is 2.14 bits per heavy atom. The van der Waals surface area contributed by atoms with E-state index in [1.807, 2.05) is 0 Å². The molecule has 0 aliphatic rings. The second-order valence-corrected chi connectivity index (χ2v) is 3.93. The zero-order chi connectivity index (χ0) is 5.86. The first-order valence-corrected chi connectivity index (χ1v) is 3.42. The van der Waals surface area contributed by atoms with Crippen molar-refractivity contribution in [2.24, 2.45) is 0 Å². The number of methoxy groups -OCH3 is 1. The molecule has 1 N–H and O–H groups in total. The van der Waals surface area contributed by atoms with Gasteiger partial charge in [-0.05, 0) is 0 Å². The van der Waals surface area contributed by atoms with Gasteiger partial charge in [-0.2, -0.15) is 0 Å². The Hall–Kier alpha value is 0.430. The predicted molar refractivity (Wildman–Crippen MR) is 36.4 cm³/mol. The van der Waals surface area contributed by atoms with E-state index in [-0.39, 0.29) is 9.63 Å². The van der Waals surface area contributed by atoms with Crippen LogP contribution in [0.2, 0.25) is 0 Å². The molecule has 0 amide bonds. The number of alkyl halides is 2. The molecule has 0 aliphatic heterocycles. The Kier molecular flexibility index (Phi) is 3.65. The first kappa shape index (κ1) is 7.43. The molecule has 4 heteroatoms. The molecule has 0 unspecified atom stereocenters. The summed E-state index contributed by atoms with van der Waals surface area (Å²) in [5.74, 6) is 0.181. The summed E-state index contributed by atoms with van der Waals surface area (Å²) >= 11 is 6.13. The van der Waals surface area contributed by atoms with Gasteiger partial charge in [-0.3, -0.25) is 5.41 Å². The molecule has 0 bridgehead atoms. The molecule has 0 aromatic carbocycles. The molecule has 0 saturated heterocycles. The van der Waals surface area contributed by atoms with Gasteiger partial charge in [-0.1, -0.05) is 31.9 Å². The van der Waals surface area contributed by atoms with Crippen molar-refractivity contribution in [3.8, 4) is 0 Å². The standard InChI is InChI=1S/C3H5Br2NO/c1-7-3(6)2(4)5/h2,6H,1H3. The summed E-state index contributed by atoms with van der Waals surface area (Å²) in [6.45, 7) is 0. The second kappa shape index (κ2) is 3.43. The van der Waals surface area contributed by atoms with Gasteiger partial charge in [0.1, 0.15) is 3.74 Å². The van der Waals surface area contributed by atoms with Crippen LogP contribution in [0.3, 0.4) is 0 Å². The maximum atomic E-state index is 6.88. The number of halogens is 2. The maximum absolute atomic E-state index is 6.88. The molecule has 0 aromatic rings. The third-order valence-corrected chi connectivity index (χ3v) is 1.25. The van der Waals surface area contributed by atoms with E-state index < -0.39 is 0 Å². The Morgan fingerprint density at radius 3 is 2.14 bits per heavy atom. The second-order valence-electron chi connectivity index (χ2n) is 0.869. The highest BCUT2D eigenvalue weighted by atomic mass is 79.9. The lowest BCUT2D eigenvalue weighted by atomic mass is 10.8. The summed E-state index contributed by atoms with van der Waals surface area (Å²) in [6.07, 6.45) is 0. The van der Waals surface area contributed by atoms with Gasteiger partial charge < -0.3 is 4.74 Å².